The Morgan fingerprint density at radius 1 is 1.47 bits per heavy atom. The zero-order valence-electron chi connectivity index (χ0n) is 9.62. The minimum absolute atomic E-state index is 0.00815. The van der Waals surface area contributed by atoms with E-state index >= 15 is 0 Å². The van der Waals surface area contributed by atoms with Gasteiger partial charge in [0.1, 0.15) is 6.54 Å². The van der Waals surface area contributed by atoms with Crippen LogP contribution in [-0.4, -0.2) is 50.1 Å². The number of carbonyl (C=O) groups excluding carboxylic acids is 1. The summed E-state index contributed by atoms with van der Waals surface area (Å²) in [5.41, 5.74) is 0.999. The molecule has 17 heavy (non-hydrogen) atoms. The zero-order chi connectivity index (χ0) is 11.8. The molecule has 1 aromatic rings. The van der Waals surface area contributed by atoms with Gasteiger partial charge in [-0.05, 0) is 19.3 Å². The molecule has 6 heteroatoms. The van der Waals surface area contributed by atoms with Crippen molar-refractivity contribution >= 4 is 5.91 Å². The molecule has 92 valence electrons. The van der Waals surface area contributed by atoms with Crippen LogP contribution in [0.4, 0.5) is 0 Å². The van der Waals surface area contributed by atoms with Gasteiger partial charge in [-0.25, -0.2) is 4.68 Å². The molecule has 1 aliphatic carbocycles. The lowest BCUT2D eigenvalue weighted by molar-refractivity contribution is -0.131. The van der Waals surface area contributed by atoms with E-state index in [0.717, 1.165) is 5.69 Å². The highest BCUT2D eigenvalue weighted by molar-refractivity contribution is 5.76. The van der Waals surface area contributed by atoms with E-state index in [4.69, 9.17) is 0 Å². The summed E-state index contributed by atoms with van der Waals surface area (Å²) in [6, 6.07) is 0. The molecule has 0 aromatic carbocycles. The van der Waals surface area contributed by atoms with Gasteiger partial charge in [-0.3, -0.25) is 4.79 Å². The smallest absolute Gasteiger partial charge is 0.244 e. The van der Waals surface area contributed by atoms with Gasteiger partial charge in [-0.2, -0.15) is 0 Å². The van der Waals surface area contributed by atoms with Gasteiger partial charge in [0.25, 0.3) is 0 Å². The number of carbonyl (C=O) groups is 1. The molecule has 0 radical (unpaired) electrons. The Morgan fingerprint density at radius 2 is 2.29 bits per heavy atom. The Hall–Kier alpha value is -1.43. The third kappa shape index (κ3) is 2.31. The molecule has 2 aliphatic rings. The van der Waals surface area contributed by atoms with Crippen LogP contribution in [0.15, 0.2) is 6.20 Å². The first-order valence-corrected chi connectivity index (χ1v) is 6.08. The summed E-state index contributed by atoms with van der Waals surface area (Å²) in [5.74, 6) is 0.571. The van der Waals surface area contributed by atoms with Gasteiger partial charge in [0.05, 0.1) is 11.8 Å². The number of hydrogen-bond donors (Lipinski definition) is 1. The third-order valence-electron chi connectivity index (χ3n) is 3.37. The summed E-state index contributed by atoms with van der Waals surface area (Å²) in [6.45, 7) is 1.32. The highest BCUT2D eigenvalue weighted by Crippen LogP contribution is 2.38. The van der Waals surface area contributed by atoms with E-state index in [-0.39, 0.29) is 18.6 Å². The largest absolute Gasteiger partial charge is 0.391 e. The number of likely N-dealkylation sites (tertiary alicyclic amines) is 1. The number of aromatic nitrogens is 3. The molecular formula is C11H16N4O2. The van der Waals surface area contributed by atoms with Crippen molar-refractivity contribution in [3.05, 3.63) is 11.9 Å². The molecule has 6 nitrogen and oxygen atoms in total. The number of rotatable bonds is 3. The first-order valence-electron chi connectivity index (χ1n) is 6.08. The molecule has 3 rings (SSSR count). The average molecular weight is 236 g/mol. The highest BCUT2D eigenvalue weighted by atomic mass is 16.3. The van der Waals surface area contributed by atoms with Crippen LogP contribution in [0.3, 0.4) is 0 Å². The molecule has 1 atom stereocenters. The number of β-amino-alcohol motifs (C(OH)–C–C–N with tert-alkyl or cyclic N) is 1. The molecule has 2 fully saturated rings. The van der Waals surface area contributed by atoms with Crippen molar-refractivity contribution in [1.82, 2.24) is 19.9 Å². The van der Waals surface area contributed by atoms with Crippen molar-refractivity contribution < 1.29 is 9.90 Å². The van der Waals surface area contributed by atoms with Crippen LogP contribution in [0.25, 0.3) is 0 Å². The van der Waals surface area contributed by atoms with Crippen LogP contribution in [-0.2, 0) is 11.3 Å². The maximum Gasteiger partial charge on any atom is 0.244 e. The molecule has 1 saturated carbocycles. The van der Waals surface area contributed by atoms with E-state index < -0.39 is 0 Å². The summed E-state index contributed by atoms with van der Waals surface area (Å²) in [6.07, 6.45) is 4.55. The second kappa shape index (κ2) is 4.10. The van der Waals surface area contributed by atoms with Gasteiger partial charge in [0, 0.05) is 25.2 Å². The Balaban J connectivity index is 1.59. The second-order valence-electron chi connectivity index (χ2n) is 4.90. The Kier molecular flexibility index (Phi) is 2.58. The summed E-state index contributed by atoms with van der Waals surface area (Å²) in [5, 5.41) is 17.4. The van der Waals surface area contributed by atoms with Crippen LogP contribution >= 0.6 is 0 Å². The summed E-state index contributed by atoms with van der Waals surface area (Å²) < 4.78 is 1.60. The molecule has 0 bridgehead atoms. The number of aliphatic hydroxyl groups is 1. The Labute approximate surface area is 99.2 Å². The fourth-order valence-corrected chi connectivity index (χ4v) is 2.16. The summed E-state index contributed by atoms with van der Waals surface area (Å²) in [7, 11) is 0. The number of hydrogen-bond acceptors (Lipinski definition) is 4. The summed E-state index contributed by atoms with van der Waals surface area (Å²) in [4.78, 5) is 13.6. The van der Waals surface area contributed by atoms with Crippen molar-refractivity contribution in [3.8, 4) is 0 Å². The predicted octanol–water partition coefficient (Wildman–Crippen LogP) is -0.251. The van der Waals surface area contributed by atoms with Crippen molar-refractivity contribution in [2.75, 3.05) is 13.1 Å². The first-order chi connectivity index (χ1) is 8.22. The highest BCUT2D eigenvalue weighted by Gasteiger charge is 2.28. The van der Waals surface area contributed by atoms with E-state index in [2.05, 4.69) is 10.3 Å². The maximum atomic E-state index is 11.9. The monoisotopic (exact) mass is 236 g/mol. The fraction of sp³-hybridized carbons (Fsp3) is 0.727. The molecule has 2 heterocycles. The van der Waals surface area contributed by atoms with Crippen LogP contribution in [0.1, 0.15) is 30.9 Å². The Morgan fingerprint density at radius 3 is 2.94 bits per heavy atom. The molecule has 1 amide bonds. The minimum Gasteiger partial charge on any atom is -0.391 e. The standard InChI is InChI=1S/C11H16N4O2/c16-9-3-4-14(5-9)11(17)7-15-6-10(12-13-15)8-1-2-8/h6,8-9,16H,1-5,7H2/t9-/m1/s1. The topological polar surface area (TPSA) is 71.2 Å². The molecule has 1 aromatic heterocycles. The van der Waals surface area contributed by atoms with Crippen LogP contribution in [0.2, 0.25) is 0 Å². The van der Waals surface area contributed by atoms with Gasteiger partial charge in [-0.1, -0.05) is 5.21 Å². The van der Waals surface area contributed by atoms with E-state index in [1.165, 1.54) is 12.8 Å². The summed E-state index contributed by atoms with van der Waals surface area (Å²) >= 11 is 0. The van der Waals surface area contributed by atoms with Gasteiger partial charge >= 0.3 is 0 Å². The van der Waals surface area contributed by atoms with E-state index in [9.17, 15) is 9.90 Å². The van der Waals surface area contributed by atoms with Crippen LogP contribution < -0.4 is 0 Å². The number of amides is 1. The second-order valence-corrected chi connectivity index (χ2v) is 4.90. The normalized spacial score (nSPS) is 24.3. The SMILES string of the molecule is O=C(Cn1cc(C2CC2)nn1)N1CC[C@@H](O)C1. The minimum atomic E-state index is -0.364. The zero-order valence-corrected chi connectivity index (χ0v) is 9.62. The van der Waals surface area contributed by atoms with Crippen LogP contribution in [0.5, 0.6) is 0 Å². The first kappa shape index (κ1) is 10.7. The molecule has 1 N–H and O–H groups in total. The van der Waals surface area contributed by atoms with E-state index in [1.807, 2.05) is 6.20 Å². The predicted molar refractivity (Wildman–Crippen MR) is 59.2 cm³/mol. The van der Waals surface area contributed by atoms with Crippen molar-refractivity contribution in [2.24, 2.45) is 0 Å². The average Bonchev–Trinajstić information content (AvgIpc) is 2.90. The van der Waals surface area contributed by atoms with Crippen molar-refractivity contribution in [3.63, 3.8) is 0 Å². The van der Waals surface area contributed by atoms with E-state index in [1.54, 1.807) is 9.58 Å². The van der Waals surface area contributed by atoms with Gasteiger partial charge < -0.3 is 10.0 Å². The molecule has 1 saturated heterocycles. The lowest BCUT2D eigenvalue weighted by atomic mass is 10.3. The quantitative estimate of drug-likeness (QED) is 0.785. The Bertz CT molecular complexity index is 427. The van der Waals surface area contributed by atoms with Crippen molar-refractivity contribution in [1.29, 1.82) is 0 Å². The van der Waals surface area contributed by atoms with Crippen LogP contribution in [0, 0.1) is 0 Å². The molecule has 1 aliphatic heterocycles. The molecular weight excluding hydrogens is 220 g/mol. The molecule has 0 spiro atoms. The number of aliphatic hydroxyl groups excluding tert-OH is 1. The number of nitrogens with zero attached hydrogens (tertiary/aromatic N) is 4. The van der Waals surface area contributed by atoms with Crippen molar-refractivity contribution in [2.45, 2.75) is 37.8 Å². The van der Waals surface area contributed by atoms with Gasteiger partial charge in [-0.15, -0.1) is 5.10 Å². The third-order valence-corrected chi connectivity index (χ3v) is 3.37. The lowest BCUT2D eigenvalue weighted by Crippen LogP contribution is -2.32. The maximum absolute atomic E-state index is 11.9. The fourth-order valence-electron chi connectivity index (χ4n) is 2.16. The van der Waals surface area contributed by atoms with Gasteiger partial charge in [0.15, 0.2) is 0 Å². The van der Waals surface area contributed by atoms with Gasteiger partial charge in [0.2, 0.25) is 5.91 Å². The molecule has 0 unspecified atom stereocenters. The van der Waals surface area contributed by atoms with E-state index in [0.29, 0.717) is 25.4 Å². The lowest BCUT2D eigenvalue weighted by Gasteiger charge is -2.14.